The van der Waals surface area contributed by atoms with Crippen LogP contribution in [0.2, 0.25) is 0 Å². The lowest BCUT2D eigenvalue weighted by atomic mass is 9.80. The summed E-state index contributed by atoms with van der Waals surface area (Å²) in [4.78, 5) is 3.58. The van der Waals surface area contributed by atoms with Crippen LogP contribution >= 0.6 is 0 Å². The molecule has 0 aliphatic carbocycles. The fourth-order valence-corrected chi connectivity index (χ4v) is 2.88. The number of nitrogens with zero attached hydrogens (tertiary/aromatic N) is 1. The first kappa shape index (κ1) is 9.28. The topological polar surface area (TPSA) is 22.1 Å². The standard InChI is InChI=1S/C12H14FNO/c1-7-4-11-9(6-10(7)15-11)8-2-3-14-12(13)5-8/h2-3,5,7,9-11H,4,6H2,1H3. The van der Waals surface area contributed by atoms with Gasteiger partial charge in [0.25, 0.3) is 0 Å². The van der Waals surface area contributed by atoms with Gasteiger partial charge in [0, 0.05) is 12.1 Å². The maximum Gasteiger partial charge on any atom is 0.213 e. The summed E-state index contributed by atoms with van der Waals surface area (Å²) in [7, 11) is 0. The molecule has 80 valence electrons. The van der Waals surface area contributed by atoms with Gasteiger partial charge in [-0.25, -0.2) is 4.98 Å². The van der Waals surface area contributed by atoms with E-state index in [1.807, 2.05) is 6.07 Å². The number of hydrogen-bond acceptors (Lipinski definition) is 2. The van der Waals surface area contributed by atoms with E-state index in [4.69, 9.17) is 4.74 Å². The maximum atomic E-state index is 13.0. The van der Waals surface area contributed by atoms with Gasteiger partial charge in [0.2, 0.25) is 5.95 Å². The second-order valence-electron chi connectivity index (χ2n) is 4.68. The molecule has 2 bridgehead atoms. The van der Waals surface area contributed by atoms with Gasteiger partial charge in [-0.05, 0) is 36.5 Å². The van der Waals surface area contributed by atoms with Crippen LogP contribution in [0.25, 0.3) is 0 Å². The molecule has 2 aliphatic heterocycles. The van der Waals surface area contributed by atoms with Crippen molar-refractivity contribution in [3.8, 4) is 0 Å². The molecule has 1 aromatic rings. The van der Waals surface area contributed by atoms with Gasteiger partial charge in [0.15, 0.2) is 0 Å². The lowest BCUT2D eigenvalue weighted by Crippen LogP contribution is -2.19. The van der Waals surface area contributed by atoms with Gasteiger partial charge in [-0.3, -0.25) is 0 Å². The van der Waals surface area contributed by atoms with Gasteiger partial charge in [-0.1, -0.05) is 6.92 Å². The normalized spacial score (nSPS) is 38.5. The van der Waals surface area contributed by atoms with Crippen molar-refractivity contribution in [2.75, 3.05) is 0 Å². The third kappa shape index (κ3) is 1.46. The van der Waals surface area contributed by atoms with Gasteiger partial charge >= 0.3 is 0 Å². The molecule has 0 amide bonds. The molecule has 15 heavy (non-hydrogen) atoms. The fraction of sp³-hybridized carbons (Fsp3) is 0.583. The smallest absolute Gasteiger partial charge is 0.213 e. The number of rotatable bonds is 1. The van der Waals surface area contributed by atoms with Crippen molar-refractivity contribution in [2.45, 2.75) is 37.9 Å². The van der Waals surface area contributed by atoms with E-state index in [1.54, 1.807) is 12.3 Å². The van der Waals surface area contributed by atoms with E-state index in [-0.39, 0.29) is 5.95 Å². The van der Waals surface area contributed by atoms with Crippen molar-refractivity contribution in [3.05, 3.63) is 29.8 Å². The minimum absolute atomic E-state index is 0.298. The van der Waals surface area contributed by atoms with Crippen molar-refractivity contribution in [2.24, 2.45) is 5.92 Å². The van der Waals surface area contributed by atoms with E-state index in [9.17, 15) is 4.39 Å². The summed E-state index contributed by atoms with van der Waals surface area (Å²) < 4.78 is 18.8. The van der Waals surface area contributed by atoms with Crippen LogP contribution in [0.4, 0.5) is 4.39 Å². The minimum Gasteiger partial charge on any atom is -0.374 e. The van der Waals surface area contributed by atoms with Gasteiger partial charge in [0.1, 0.15) is 0 Å². The van der Waals surface area contributed by atoms with Gasteiger partial charge in [-0.15, -0.1) is 0 Å². The Morgan fingerprint density at radius 3 is 2.87 bits per heavy atom. The van der Waals surface area contributed by atoms with E-state index in [0.29, 0.717) is 24.0 Å². The summed E-state index contributed by atoms with van der Waals surface area (Å²) in [5.41, 5.74) is 1.04. The van der Waals surface area contributed by atoms with Gasteiger partial charge in [-0.2, -0.15) is 4.39 Å². The highest BCUT2D eigenvalue weighted by atomic mass is 19.1. The number of halogens is 1. The molecule has 3 heterocycles. The SMILES string of the molecule is CC1CC2OC1CC2c1ccnc(F)c1. The number of fused-ring (bicyclic) bond motifs is 2. The molecule has 0 N–H and O–H groups in total. The lowest BCUT2D eigenvalue weighted by Gasteiger charge is -2.22. The van der Waals surface area contributed by atoms with Crippen LogP contribution in [0.15, 0.2) is 18.3 Å². The molecule has 0 radical (unpaired) electrons. The number of pyridine rings is 1. The molecule has 2 fully saturated rings. The molecule has 4 unspecified atom stereocenters. The first-order valence-corrected chi connectivity index (χ1v) is 5.51. The van der Waals surface area contributed by atoms with Crippen LogP contribution in [0.5, 0.6) is 0 Å². The Balaban J connectivity index is 1.86. The summed E-state index contributed by atoms with van der Waals surface area (Å²) in [6.45, 7) is 2.23. The summed E-state index contributed by atoms with van der Waals surface area (Å²) in [6, 6.07) is 3.45. The second kappa shape index (κ2) is 3.27. The van der Waals surface area contributed by atoms with Crippen molar-refractivity contribution in [3.63, 3.8) is 0 Å². The minimum atomic E-state index is -0.386. The van der Waals surface area contributed by atoms with Crippen molar-refractivity contribution < 1.29 is 9.13 Å². The van der Waals surface area contributed by atoms with Crippen LogP contribution in [0, 0.1) is 11.9 Å². The summed E-state index contributed by atoms with van der Waals surface area (Å²) in [5.74, 6) is 0.657. The third-order valence-corrected chi connectivity index (χ3v) is 3.70. The molecule has 0 aromatic carbocycles. The van der Waals surface area contributed by atoms with E-state index >= 15 is 0 Å². The largest absolute Gasteiger partial charge is 0.374 e. The zero-order valence-electron chi connectivity index (χ0n) is 8.69. The average molecular weight is 207 g/mol. The zero-order chi connectivity index (χ0) is 10.4. The highest BCUT2D eigenvalue weighted by Crippen LogP contribution is 2.47. The summed E-state index contributed by atoms with van der Waals surface area (Å²) >= 11 is 0. The van der Waals surface area contributed by atoms with Crippen molar-refractivity contribution >= 4 is 0 Å². The highest BCUT2D eigenvalue weighted by Gasteiger charge is 2.45. The first-order chi connectivity index (χ1) is 7.24. The Morgan fingerprint density at radius 2 is 2.27 bits per heavy atom. The third-order valence-electron chi connectivity index (χ3n) is 3.70. The van der Waals surface area contributed by atoms with E-state index in [0.717, 1.165) is 18.4 Å². The molecule has 2 saturated heterocycles. The molecular formula is C12H14FNO. The average Bonchev–Trinajstić information content (AvgIpc) is 2.76. The van der Waals surface area contributed by atoms with Crippen molar-refractivity contribution in [1.82, 2.24) is 4.98 Å². The fourth-order valence-electron chi connectivity index (χ4n) is 2.88. The van der Waals surface area contributed by atoms with Crippen LogP contribution in [-0.4, -0.2) is 17.2 Å². The van der Waals surface area contributed by atoms with Gasteiger partial charge in [0.05, 0.1) is 12.2 Å². The highest BCUT2D eigenvalue weighted by molar-refractivity contribution is 5.21. The van der Waals surface area contributed by atoms with Crippen molar-refractivity contribution in [1.29, 1.82) is 0 Å². The molecule has 4 atom stereocenters. The number of ether oxygens (including phenoxy) is 1. The predicted molar refractivity (Wildman–Crippen MR) is 54.0 cm³/mol. The first-order valence-electron chi connectivity index (χ1n) is 5.51. The van der Waals surface area contributed by atoms with Crippen LogP contribution < -0.4 is 0 Å². The number of hydrogen-bond donors (Lipinski definition) is 0. The van der Waals surface area contributed by atoms with E-state index in [2.05, 4.69) is 11.9 Å². The van der Waals surface area contributed by atoms with Crippen LogP contribution in [0.3, 0.4) is 0 Å². The molecule has 0 spiro atoms. The lowest BCUT2D eigenvalue weighted by molar-refractivity contribution is 0.0918. The monoisotopic (exact) mass is 207 g/mol. The molecule has 2 aliphatic rings. The Morgan fingerprint density at radius 1 is 1.40 bits per heavy atom. The predicted octanol–water partition coefficient (Wildman–Crippen LogP) is 2.50. The Kier molecular flexibility index (Phi) is 2.02. The molecule has 0 saturated carbocycles. The zero-order valence-corrected chi connectivity index (χ0v) is 8.69. The molecule has 3 rings (SSSR count). The Hall–Kier alpha value is -0.960. The Labute approximate surface area is 88.5 Å². The summed E-state index contributed by atoms with van der Waals surface area (Å²) in [6.07, 6.45) is 4.37. The molecule has 1 aromatic heterocycles. The summed E-state index contributed by atoms with van der Waals surface area (Å²) in [5, 5.41) is 0. The maximum absolute atomic E-state index is 13.0. The Bertz CT molecular complexity index is 380. The quantitative estimate of drug-likeness (QED) is 0.660. The van der Waals surface area contributed by atoms with Gasteiger partial charge < -0.3 is 4.74 Å². The molecular weight excluding hydrogens is 193 g/mol. The van der Waals surface area contributed by atoms with Crippen LogP contribution in [-0.2, 0) is 4.74 Å². The van der Waals surface area contributed by atoms with E-state index < -0.39 is 0 Å². The number of aromatic nitrogens is 1. The second-order valence-corrected chi connectivity index (χ2v) is 4.68. The van der Waals surface area contributed by atoms with E-state index in [1.165, 1.54) is 0 Å². The molecule has 2 nitrogen and oxygen atoms in total. The van der Waals surface area contributed by atoms with Crippen LogP contribution in [0.1, 0.15) is 31.2 Å². The molecule has 3 heteroatoms.